The molecule has 0 radical (unpaired) electrons. The summed E-state index contributed by atoms with van der Waals surface area (Å²) in [5.74, 6) is 0. The Morgan fingerprint density at radius 3 is 1.86 bits per heavy atom. The summed E-state index contributed by atoms with van der Waals surface area (Å²) in [7, 11) is 0. The second kappa shape index (κ2) is 13.6. The second-order valence-corrected chi connectivity index (χ2v) is 9.28. The fraction of sp³-hybridized carbons (Fsp3) is 0.308. The first-order valence-electron chi connectivity index (χ1n) is 11.5. The van der Waals surface area contributed by atoms with Crippen molar-refractivity contribution >= 4 is 11.8 Å². The van der Waals surface area contributed by atoms with Crippen molar-refractivity contribution in [3.8, 4) is 0 Å². The Kier molecular flexibility index (Phi) is 9.64. The van der Waals surface area contributed by atoms with E-state index in [9.17, 15) is 5.53 Å². The van der Waals surface area contributed by atoms with E-state index < -0.39 is 29.8 Å². The lowest BCUT2D eigenvalue weighted by Crippen LogP contribution is -2.58. The molecule has 0 aromatic heterocycles. The minimum Gasteiger partial charge on any atom is -0.370 e. The molecular formula is C26H26N6O3S. The van der Waals surface area contributed by atoms with Crippen LogP contribution >= 0.6 is 11.8 Å². The first-order chi connectivity index (χ1) is 17.8. The summed E-state index contributed by atoms with van der Waals surface area (Å²) in [4.78, 5) is 6.99. The standard InChI is InChI=1S/C26H26N6O3S/c27-31-29-16-22-24(33-17-19-10-4-1-5-11-19)25(34-18-20-12-6-2-7-13-20)23(30-32-28)26(35-22)36-21-14-8-3-9-15-21/h1-15,22-26H,16-18H2. The molecule has 0 amide bonds. The van der Waals surface area contributed by atoms with Gasteiger partial charge >= 0.3 is 0 Å². The molecule has 1 aliphatic heterocycles. The van der Waals surface area contributed by atoms with E-state index in [1.54, 1.807) is 0 Å². The van der Waals surface area contributed by atoms with Gasteiger partial charge in [-0.25, -0.2) is 0 Å². The summed E-state index contributed by atoms with van der Waals surface area (Å²) in [5, 5.41) is 7.87. The van der Waals surface area contributed by atoms with Crippen molar-refractivity contribution in [2.24, 2.45) is 10.2 Å². The molecule has 0 saturated carbocycles. The summed E-state index contributed by atoms with van der Waals surface area (Å²) < 4.78 is 19.1. The molecule has 9 nitrogen and oxygen atoms in total. The Balaban J connectivity index is 1.65. The molecule has 3 aromatic carbocycles. The molecule has 1 fully saturated rings. The van der Waals surface area contributed by atoms with Crippen LogP contribution in [0.1, 0.15) is 11.1 Å². The van der Waals surface area contributed by atoms with Crippen LogP contribution in [0.25, 0.3) is 20.9 Å². The summed E-state index contributed by atoms with van der Waals surface area (Å²) in [5.41, 5.74) is 19.8. The third kappa shape index (κ3) is 7.02. The number of azide groups is 2. The number of ether oxygens (including phenoxy) is 3. The fourth-order valence-electron chi connectivity index (χ4n) is 3.99. The Morgan fingerprint density at radius 1 is 0.750 bits per heavy atom. The van der Waals surface area contributed by atoms with E-state index in [4.69, 9.17) is 19.7 Å². The van der Waals surface area contributed by atoms with Crippen LogP contribution in [-0.4, -0.2) is 36.3 Å². The zero-order chi connectivity index (χ0) is 25.0. The SMILES string of the molecule is [N-]=[N+]=NCC1OC(Sc2ccccc2)C(N=[N+]=[N-])C(OCc2ccccc2)C1OCc1ccccc1. The maximum atomic E-state index is 9.44. The van der Waals surface area contributed by atoms with Crippen LogP contribution in [0.4, 0.5) is 0 Å². The van der Waals surface area contributed by atoms with E-state index in [2.05, 4.69) is 20.1 Å². The normalized spacial score (nSPS) is 23.3. The minimum absolute atomic E-state index is 0.0516. The minimum atomic E-state index is -0.688. The predicted molar refractivity (Wildman–Crippen MR) is 138 cm³/mol. The fourth-order valence-corrected chi connectivity index (χ4v) is 5.12. The Morgan fingerprint density at radius 2 is 1.31 bits per heavy atom. The lowest BCUT2D eigenvalue weighted by atomic mass is 9.97. The van der Waals surface area contributed by atoms with E-state index in [1.165, 1.54) is 11.8 Å². The molecule has 5 unspecified atom stereocenters. The third-order valence-electron chi connectivity index (χ3n) is 5.69. The van der Waals surface area contributed by atoms with Gasteiger partial charge in [0, 0.05) is 14.7 Å². The molecule has 3 aromatic rings. The number of nitrogens with zero attached hydrogens (tertiary/aromatic N) is 6. The largest absolute Gasteiger partial charge is 0.370 e. The van der Waals surface area contributed by atoms with Crippen LogP contribution < -0.4 is 0 Å². The molecule has 0 N–H and O–H groups in total. The second-order valence-electron chi connectivity index (χ2n) is 8.11. The highest BCUT2D eigenvalue weighted by Crippen LogP contribution is 2.38. The molecule has 184 valence electrons. The molecule has 36 heavy (non-hydrogen) atoms. The molecule has 10 heteroatoms. The van der Waals surface area contributed by atoms with Crippen molar-refractivity contribution < 1.29 is 14.2 Å². The van der Waals surface area contributed by atoms with E-state index in [0.29, 0.717) is 13.2 Å². The molecule has 1 saturated heterocycles. The molecular weight excluding hydrogens is 476 g/mol. The average molecular weight is 503 g/mol. The van der Waals surface area contributed by atoms with Crippen LogP contribution in [0.15, 0.2) is 106 Å². The highest BCUT2D eigenvalue weighted by atomic mass is 32.2. The Hall–Kier alpha value is -3.49. The lowest BCUT2D eigenvalue weighted by Gasteiger charge is -2.44. The van der Waals surface area contributed by atoms with Gasteiger partial charge in [0.05, 0.1) is 32.0 Å². The topological polar surface area (TPSA) is 125 Å². The van der Waals surface area contributed by atoms with Gasteiger partial charge in [0.15, 0.2) is 0 Å². The van der Waals surface area contributed by atoms with Crippen molar-refractivity contribution in [1.29, 1.82) is 0 Å². The van der Waals surface area contributed by atoms with Crippen LogP contribution in [0.2, 0.25) is 0 Å². The number of hydrogen-bond acceptors (Lipinski definition) is 6. The Labute approximate surface area is 213 Å². The summed E-state index contributed by atoms with van der Waals surface area (Å²) in [6.07, 6.45) is -1.88. The lowest BCUT2D eigenvalue weighted by molar-refractivity contribution is -0.195. The van der Waals surface area contributed by atoms with Crippen molar-refractivity contribution in [1.82, 2.24) is 0 Å². The van der Waals surface area contributed by atoms with Gasteiger partial charge < -0.3 is 14.2 Å². The van der Waals surface area contributed by atoms with Crippen molar-refractivity contribution in [2.45, 2.75) is 47.9 Å². The molecule has 0 aliphatic carbocycles. The third-order valence-corrected chi connectivity index (χ3v) is 6.86. The highest BCUT2D eigenvalue weighted by Gasteiger charge is 2.47. The van der Waals surface area contributed by atoms with Gasteiger partial charge in [-0.1, -0.05) is 101 Å². The van der Waals surface area contributed by atoms with Gasteiger partial charge in [0.2, 0.25) is 0 Å². The van der Waals surface area contributed by atoms with Crippen LogP contribution in [0, 0.1) is 0 Å². The van der Waals surface area contributed by atoms with Crippen LogP contribution in [0.5, 0.6) is 0 Å². The van der Waals surface area contributed by atoms with Gasteiger partial charge in [0.25, 0.3) is 0 Å². The molecule has 1 heterocycles. The monoisotopic (exact) mass is 502 g/mol. The van der Waals surface area contributed by atoms with Crippen molar-refractivity contribution in [3.05, 3.63) is 123 Å². The number of thioether (sulfide) groups is 1. The Bertz CT molecular complexity index is 1170. The molecule has 0 bridgehead atoms. The molecule has 1 aliphatic rings. The van der Waals surface area contributed by atoms with Gasteiger partial charge in [-0.15, -0.1) is 0 Å². The van der Waals surface area contributed by atoms with E-state index >= 15 is 0 Å². The first kappa shape index (κ1) is 25.6. The van der Waals surface area contributed by atoms with Crippen LogP contribution in [-0.2, 0) is 27.4 Å². The first-order valence-corrected chi connectivity index (χ1v) is 12.4. The summed E-state index contributed by atoms with van der Waals surface area (Å²) in [6, 6.07) is 28.5. The van der Waals surface area contributed by atoms with E-state index in [0.717, 1.165) is 16.0 Å². The van der Waals surface area contributed by atoms with E-state index in [1.807, 2.05) is 91.0 Å². The highest BCUT2D eigenvalue weighted by molar-refractivity contribution is 7.99. The summed E-state index contributed by atoms with van der Waals surface area (Å²) >= 11 is 1.43. The number of rotatable bonds is 11. The molecule has 5 atom stereocenters. The van der Waals surface area contributed by atoms with Gasteiger partial charge in [-0.2, -0.15) is 0 Å². The zero-order valence-electron chi connectivity index (χ0n) is 19.5. The smallest absolute Gasteiger partial charge is 0.119 e. The van der Waals surface area contributed by atoms with Gasteiger partial charge in [-0.05, 0) is 34.3 Å². The summed E-state index contributed by atoms with van der Waals surface area (Å²) in [6.45, 7) is 0.646. The number of hydrogen-bond donors (Lipinski definition) is 0. The van der Waals surface area contributed by atoms with Crippen LogP contribution in [0.3, 0.4) is 0 Å². The maximum absolute atomic E-state index is 9.44. The van der Waals surface area contributed by atoms with Crippen molar-refractivity contribution in [2.75, 3.05) is 6.54 Å². The van der Waals surface area contributed by atoms with Gasteiger partial charge in [0.1, 0.15) is 17.6 Å². The van der Waals surface area contributed by atoms with Gasteiger partial charge in [-0.3, -0.25) is 0 Å². The van der Waals surface area contributed by atoms with Crippen molar-refractivity contribution in [3.63, 3.8) is 0 Å². The maximum Gasteiger partial charge on any atom is 0.119 e. The molecule has 0 spiro atoms. The zero-order valence-corrected chi connectivity index (χ0v) is 20.3. The number of benzene rings is 3. The quantitative estimate of drug-likeness (QED) is 0.165. The molecule has 4 rings (SSSR count). The predicted octanol–water partition coefficient (Wildman–Crippen LogP) is 6.66. The van der Waals surface area contributed by atoms with E-state index in [-0.39, 0.29) is 6.54 Å². The average Bonchev–Trinajstić information content (AvgIpc) is 2.93.